The van der Waals surface area contributed by atoms with Gasteiger partial charge in [0.15, 0.2) is 11.3 Å². The molecule has 3 aromatic heterocycles. The molecule has 0 unspecified atom stereocenters. The van der Waals surface area contributed by atoms with Crippen LogP contribution in [0.5, 0.6) is 0 Å². The van der Waals surface area contributed by atoms with E-state index in [2.05, 4.69) is 24.9 Å². The maximum absolute atomic E-state index is 13.4. The summed E-state index contributed by atoms with van der Waals surface area (Å²) < 4.78 is 41.5. The van der Waals surface area contributed by atoms with Crippen molar-refractivity contribution >= 4 is 17.1 Å². The largest absolute Gasteiger partial charge is 0.435 e. The molecule has 7 nitrogen and oxygen atoms in total. The maximum Gasteiger partial charge on any atom is 0.435 e. The summed E-state index contributed by atoms with van der Waals surface area (Å²) in [6.07, 6.45) is 0.581. The molecule has 0 bridgehead atoms. The molecule has 0 aromatic carbocycles. The van der Waals surface area contributed by atoms with Crippen LogP contribution in [0.1, 0.15) is 24.7 Å². The van der Waals surface area contributed by atoms with E-state index in [1.807, 2.05) is 6.92 Å². The molecule has 3 heterocycles. The number of imidazole rings is 2. The van der Waals surface area contributed by atoms with E-state index < -0.39 is 11.9 Å². The normalized spacial score (nSPS) is 12.0. The zero-order valence-corrected chi connectivity index (χ0v) is 13.2. The summed E-state index contributed by atoms with van der Waals surface area (Å²) in [5.74, 6) is 0.0230. The van der Waals surface area contributed by atoms with Crippen molar-refractivity contribution in [1.29, 1.82) is 0 Å². The zero-order valence-electron chi connectivity index (χ0n) is 13.2. The minimum absolute atomic E-state index is 0.0230. The van der Waals surface area contributed by atoms with Crippen LogP contribution in [0.2, 0.25) is 0 Å². The fourth-order valence-electron chi connectivity index (χ4n) is 2.43. The van der Waals surface area contributed by atoms with Gasteiger partial charge in [-0.05, 0) is 6.42 Å². The van der Waals surface area contributed by atoms with Gasteiger partial charge in [0, 0.05) is 19.8 Å². The van der Waals surface area contributed by atoms with Crippen molar-refractivity contribution in [1.82, 2.24) is 29.5 Å². The average molecular weight is 339 g/mol. The number of alkyl halides is 3. The smallest absolute Gasteiger partial charge is 0.347 e. The molecule has 0 amide bonds. The van der Waals surface area contributed by atoms with Gasteiger partial charge in [0.2, 0.25) is 5.95 Å². The van der Waals surface area contributed by atoms with E-state index in [0.29, 0.717) is 13.1 Å². The summed E-state index contributed by atoms with van der Waals surface area (Å²) in [7, 11) is 1.60. The van der Waals surface area contributed by atoms with Gasteiger partial charge < -0.3 is 14.5 Å². The van der Waals surface area contributed by atoms with Gasteiger partial charge in [-0.15, -0.1) is 0 Å². The molecule has 3 aromatic rings. The molecule has 0 atom stereocenters. The Bertz CT molecular complexity index is 823. The van der Waals surface area contributed by atoms with E-state index in [9.17, 15) is 13.2 Å². The Morgan fingerprint density at radius 3 is 2.71 bits per heavy atom. The third-order valence-electron chi connectivity index (χ3n) is 3.51. The Labute approximate surface area is 135 Å². The van der Waals surface area contributed by atoms with E-state index in [1.54, 1.807) is 18.1 Å². The number of H-pyrrole nitrogens is 1. The molecule has 0 saturated carbocycles. The van der Waals surface area contributed by atoms with Crippen LogP contribution in [0.4, 0.5) is 19.1 Å². The fourth-order valence-corrected chi connectivity index (χ4v) is 2.43. The molecule has 3 rings (SSSR count). The Morgan fingerprint density at radius 2 is 2.08 bits per heavy atom. The highest BCUT2D eigenvalue weighted by atomic mass is 19.4. The van der Waals surface area contributed by atoms with Gasteiger partial charge in [-0.1, -0.05) is 6.92 Å². The lowest BCUT2D eigenvalue weighted by atomic mass is 10.3. The second-order valence-electron chi connectivity index (χ2n) is 5.40. The molecule has 0 radical (unpaired) electrons. The number of aromatic nitrogens is 6. The summed E-state index contributed by atoms with van der Waals surface area (Å²) in [6.45, 7) is 2.79. The van der Waals surface area contributed by atoms with Crippen LogP contribution < -0.4 is 4.90 Å². The van der Waals surface area contributed by atoms with Crippen molar-refractivity contribution in [2.45, 2.75) is 26.1 Å². The van der Waals surface area contributed by atoms with Crippen molar-refractivity contribution in [3.8, 4) is 0 Å². The predicted octanol–water partition coefficient (Wildman–Crippen LogP) is 2.52. The van der Waals surface area contributed by atoms with Gasteiger partial charge in [-0.3, -0.25) is 0 Å². The number of anilines is 1. The quantitative estimate of drug-likeness (QED) is 0.773. The highest BCUT2D eigenvalue weighted by Crippen LogP contribution is 2.33. The van der Waals surface area contributed by atoms with Crippen molar-refractivity contribution in [2.24, 2.45) is 7.05 Å². The average Bonchev–Trinajstić information content (AvgIpc) is 3.15. The lowest BCUT2D eigenvalue weighted by molar-refractivity contribution is -0.139. The summed E-state index contributed by atoms with van der Waals surface area (Å²) >= 11 is 0. The second kappa shape index (κ2) is 6.10. The Morgan fingerprint density at radius 1 is 1.29 bits per heavy atom. The maximum atomic E-state index is 13.4. The molecule has 0 saturated heterocycles. The predicted molar refractivity (Wildman–Crippen MR) is 81.2 cm³/mol. The number of nitrogens with zero attached hydrogens (tertiary/aromatic N) is 6. The fraction of sp³-hybridized carbons (Fsp3) is 0.429. The number of halogens is 3. The lowest BCUT2D eigenvalue weighted by Crippen LogP contribution is -2.27. The van der Waals surface area contributed by atoms with Crippen molar-refractivity contribution < 1.29 is 13.2 Å². The van der Waals surface area contributed by atoms with Gasteiger partial charge in [0.25, 0.3) is 0 Å². The first-order valence-corrected chi connectivity index (χ1v) is 7.38. The number of aromatic amines is 1. The topological polar surface area (TPSA) is 75.5 Å². The van der Waals surface area contributed by atoms with E-state index in [0.717, 1.165) is 12.1 Å². The van der Waals surface area contributed by atoms with Gasteiger partial charge in [0.05, 0.1) is 24.9 Å². The molecule has 24 heavy (non-hydrogen) atoms. The van der Waals surface area contributed by atoms with E-state index in [-0.39, 0.29) is 17.1 Å². The van der Waals surface area contributed by atoms with Gasteiger partial charge in [0.1, 0.15) is 5.52 Å². The van der Waals surface area contributed by atoms with E-state index in [1.165, 1.54) is 17.2 Å². The first-order chi connectivity index (χ1) is 11.4. The van der Waals surface area contributed by atoms with E-state index >= 15 is 0 Å². The lowest BCUT2D eigenvalue weighted by Gasteiger charge is -2.22. The molecule has 0 aliphatic heterocycles. The van der Waals surface area contributed by atoms with Crippen LogP contribution in [0, 0.1) is 0 Å². The number of aryl methyl sites for hydroxylation is 1. The summed E-state index contributed by atoms with van der Waals surface area (Å²) in [5.41, 5.74) is -0.343. The summed E-state index contributed by atoms with van der Waals surface area (Å²) in [6, 6.07) is 0. The first-order valence-electron chi connectivity index (χ1n) is 7.38. The molecular weight excluding hydrogens is 323 g/mol. The molecular formula is C14H16F3N7. The number of hydrogen-bond donors (Lipinski definition) is 1. The van der Waals surface area contributed by atoms with Gasteiger partial charge in [-0.2, -0.15) is 18.2 Å². The van der Waals surface area contributed by atoms with Gasteiger partial charge >= 0.3 is 6.18 Å². The van der Waals surface area contributed by atoms with E-state index in [4.69, 9.17) is 0 Å². The molecule has 0 aliphatic rings. The van der Waals surface area contributed by atoms with Crippen LogP contribution in [-0.2, 0) is 19.8 Å². The third-order valence-corrected chi connectivity index (χ3v) is 3.51. The van der Waals surface area contributed by atoms with Crippen LogP contribution >= 0.6 is 0 Å². The summed E-state index contributed by atoms with van der Waals surface area (Å²) in [5, 5.41) is 0. The zero-order chi connectivity index (χ0) is 17.3. The third kappa shape index (κ3) is 3.03. The Balaban J connectivity index is 2.10. The SMILES string of the molecule is CCCN(Cc1cnc[nH]1)c1nc(C(F)(F)F)c2ncn(C)c2n1. The van der Waals surface area contributed by atoms with Crippen LogP contribution in [0.25, 0.3) is 11.2 Å². The molecule has 0 fully saturated rings. The van der Waals surface area contributed by atoms with Gasteiger partial charge in [-0.25, -0.2) is 15.0 Å². The summed E-state index contributed by atoms with van der Waals surface area (Å²) in [4.78, 5) is 20.4. The van der Waals surface area contributed by atoms with Crippen molar-refractivity contribution in [2.75, 3.05) is 11.4 Å². The number of rotatable bonds is 5. The molecule has 10 heteroatoms. The van der Waals surface area contributed by atoms with Crippen LogP contribution in [-0.4, -0.2) is 36.0 Å². The number of fused-ring (bicyclic) bond motifs is 1. The monoisotopic (exact) mass is 339 g/mol. The first kappa shape index (κ1) is 16.2. The van der Waals surface area contributed by atoms with Crippen molar-refractivity contribution in [3.63, 3.8) is 0 Å². The molecule has 128 valence electrons. The Hall–Kier alpha value is -2.65. The molecule has 0 aliphatic carbocycles. The molecule has 0 spiro atoms. The molecule has 1 N–H and O–H groups in total. The van der Waals surface area contributed by atoms with Crippen LogP contribution in [0.3, 0.4) is 0 Å². The highest BCUT2D eigenvalue weighted by Gasteiger charge is 2.37. The minimum Gasteiger partial charge on any atom is -0.347 e. The number of hydrogen-bond acceptors (Lipinski definition) is 5. The standard InChI is InChI=1S/C14H16F3N7/c1-3-4-24(6-9-5-18-7-19-9)13-21-11(14(15,16)17)10-12(22-13)23(2)8-20-10/h5,7-8H,3-4,6H2,1-2H3,(H,18,19). The Kier molecular flexibility index (Phi) is 4.12. The number of nitrogens with one attached hydrogen (secondary N) is 1. The van der Waals surface area contributed by atoms with Crippen molar-refractivity contribution in [3.05, 3.63) is 30.2 Å². The van der Waals surface area contributed by atoms with Crippen LogP contribution in [0.15, 0.2) is 18.9 Å². The minimum atomic E-state index is -4.60. The highest BCUT2D eigenvalue weighted by molar-refractivity contribution is 5.75. The second-order valence-corrected chi connectivity index (χ2v) is 5.40.